The average molecular weight is 619 g/mol. The fraction of sp³-hybridized carbons (Fsp3) is 0.250. The smallest absolute Gasteiger partial charge is 0.254 e. The molecule has 0 aliphatic carbocycles. The number of nitrogens with zero attached hydrogens (tertiary/aromatic N) is 3. The Kier molecular flexibility index (Phi) is 9.84. The molecule has 0 spiro atoms. The minimum absolute atomic E-state index is 0.134. The molecule has 3 aromatic carbocycles. The van der Waals surface area contributed by atoms with Crippen molar-refractivity contribution in [3.8, 4) is 6.07 Å². The van der Waals surface area contributed by atoms with E-state index in [0.29, 0.717) is 29.9 Å². The van der Waals surface area contributed by atoms with Crippen LogP contribution in [0, 0.1) is 23.1 Å². The predicted molar refractivity (Wildman–Crippen MR) is 172 cm³/mol. The Balaban J connectivity index is 0.000000266. The van der Waals surface area contributed by atoms with Crippen LogP contribution in [0.25, 0.3) is 0 Å². The zero-order valence-corrected chi connectivity index (χ0v) is 25.6. The first-order valence-corrected chi connectivity index (χ1v) is 15.1. The second-order valence-electron chi connectivity index (χ2n) is 11.7. The molecule has 0 radical (unpaired) electrons. The van der Waals surface area contributed by atoms with E-state index in [2.05, 4.69) is 15.6 Å². The van der Waals surface area contributed by atoms with E-state index in [9.17, 15) is 18.8 Å². The van der Waals surface area contributed by atoms with Crippen molar-refractivity contribution in [1.82, 2.24) is 15.2 Å². The monoisotopic (exact) mass is 618 g/mol. The summed E-state index contributed by atoms with van der Waals surface area (Å²) in [7, 11) is 0. The van der Waals surface area contributed by atoms with Crippen molar-refractivity contribution in [3.63, 3.8) is 0 Å². The van der Waals surface area contributed by atoms with Gasteiger partial charge in [0.1, 0.15) is 11.9 Å². The van der Waals surface area contributed by atoms with E-state index in [4.69, 9.17) is 11.0 Å². The molecule has 0 fully saturated rings. The lowest BCUT2D eigenvalue weighted by atomic mass is 9.79. The third-order valence-corrected chi connectivity index (χ3v) is 8.10. The lowest BCUT2D eigenvalue weighted by Crippen LogP contribution is -2.47. The molecule has 6 rings (SSSR count). The maximum absolute atomic E-state index is 13.8. The Morgan fingerprint density at radius 1 is 1.09 bits per heavy atom. The summed E-state index contributed by atoms with van der Waals surface area (Å²) in [4.78, 5) is 44.2. The molecule has 3 atom stereocenters. The number of pyridine rings is 1. The number of halogens is 1. The van der Waals surface area contributed by atoms with Crippen LogP contribution in [0.5, 0.6) is 0 Å². The standard InChI is InChI=1S/C26H23FN4O2.C10H12N2O/c1-16(2)15-31-24(17-6-5-11-29-14-17)23(20-7-3-4-8-21(20)26(31)33)25(32)30-19-9-10-22(27)18(12-19)13-28;11-10(13)9-6-12-5-7-3-1-2-4-8(7)9/h3-12,14,16,23-24H,15H2,1-2H3,(H,30,32);1-4,9,12H,5-6H2,(H2,11,13). The van der Waals surface area contributed by atoms with E-state index in [-0.39, 0.29) is 35.1 Å². The molecule has 4 N–H and O–H groups in total. The Morgan fingerprint density at radius 3 is 2.52 bits per heavy atom. The molecule has 3 heterocycles. The van der Waals surface area contributed by atoms with E-state index in [1.165, 1.54) is 17.7 Å². The van der Waals surface area contributed by atoms with E-state index < -0.39 is 17.8 Å². The van der Waals surface area contributed by atoms with Crippen molar-refractivity contribution < 1.29 is 18.8 Å². The summed E-state index contributed by atoms with van der Waals surface area (Å²) >= 11 is 0. The van der Waals surface area contributed by atoms with Gasteiger partial charge in [-0.3, -0.25) is 19.4 Å². The third-order valence-electron chi connectivity index (χ3n) is 8.10. The second kappa shape index (κ2) is 14.1. The molecule has 1 aromatic heterocycles. The first-order valence-electron chi connectivity index (χ1n) is 15.1. The van der Waals surface area contributed by atoms with Crippen molar-refractivity contribution in [1.29, 1.82) is 5.26 Å². The number of hydrogen-bond acceptors (Lipinski definition) is 6. The molecule has 2 aliphatic rings. The summed E-state index contributed by atoms with van der Waals surface area (Å²) in [5.41, 5.74) is 9.57. The van der Waals surface area contributed by atoms with Gasteiger partial charge in [0.05, 0.1) is 23.4 Å². The second-order valence-corrected chi connectivity index (χ2v) is 11.7. The molecule has 4 aromatic rings. The van der Waals surface area contributed by atoms with Crippen LogP contribution in [-0.2, 0) is 16.1 Å². The van der Waals surface area contributed by atoms with Crippen molar-refractivity contribution in [2.45, 2.75) is 38.3 Å². The van der Waals surface area contributed by atoms with Gasteiger partial charge in [-0.15, -0.1) is 0 Å². The van der Waals surface area contributed by atoms with Crippen molar-refractivity contribution >= 4 is 23.4 Å². The number of aromatic nitrogens is 1. The lowest BCUT2D eigenvalue weighted by molar-refractivity contribution is -0.120. The maximum atomic E-state index is 13.8. The molecule has 0 saturated carbocycles. The topological polar surface area (TPSA) is 141 Å². The van der Waals surface area contributed by atoms with Gasteiger partial charge in [-0.1, -0.05) is 62.4 Å². The molecule has 2 aliphatic heterocycles. The van der Waals surface area contributed by atoms with Crippen molar-refractivity contribution in [2.24, 2.45) is 11.7 Å². The number of benzene rings is 3. The minimum Gasteiger partial charge on any atom is -0.369 e. The minimum atomic E-state index is -0.725. The normalized spacial score (nSPS) is 18.4. The van der Waals surface area contributed by atoms with Crippen molar-refractivity contribution in [3.05, 3.63) is 130 Å². The van der Waals surface area contributed by atoms with Crippen LogP contribution >= 0.6 is 0 Å². The molecule has 3 amide bonds. The van der Waals surface area contributed by atoms with Crippen LogP contribution in [0.4, 0.5) is 10.1 Å². The Hall–Kier alpha value is -5.40. The molecular weight excluding hydrogens is 583 g/mol. The van der Waals surface area contributed by atoms with Gasteiger partial charge >= 0.3 is 0 Å². The number of anilines is 1. The predicted octanol–water partition coefficient (Wildman–Crippen LogP) is 5.03. The van der Waals surface area contributed by atoms with Gasteiger partial charge in [-0.05, 0) is 58.5 Å². The number of fused-ring (bicyclic) bond motifs is 2. The number of carbonyl (C=O) groups excluding carboxylic acids is 3. The summed E-state index contributed by atoms with van der Waals surface area (Å²) < 4.78 is 13.8. The SMILES string of the molecule is CC(C)CN1C(=O)c2ccccc2C(C(=O)Nc2ccc(F)c(C#N)c2)C1c1cccnc1.NC(=O)C1CNCc2ccccc21. The zero-order valence-electron chi connectivity index (χ0n) is 25.6. The van der Waals surface area contributed by atoms with Crippen LogP contribution in [0.2, 0.25) is 0 Å². The van der Waals surface area contributed by atoms with Crippen LogP contribution in [0.1, 0.15) is 69.9 Å². The molecular formula is C36H35FN6O3. The van der Waals surface area contributed by atoms with Crippen LogP contribution < -0.4 is 16.4 Å². The number of rotatable bonds is 6. The lowest BCUT2D eigenvalue weighted by Gasteiger charge is -2.42. The number of nitrogens with one attached hydrogen (secondary N) is 2. The number of hydrogen-bond donors (Lipinski definition) is 3. The summed E-state index contributed by atoms with van der Waals surface area (Å²) in [5, 5.41) is 15.1. The first-order chi connectivity index (χ1) is 22.2. The first kappa shape index (κ1) is 32.0. The van der Waals surface area contributed by atoms with Gasteiger partial charge < -0.3 is 21.3 Å². The van der Waals surface area contributed by atoms with Crippen molar-refractivity contribution in [2.75, 3.05) is 18.4 Å². The van der Waals surface area contributed by atoms with Crippen LogP contribution in [0.3, 0.4) is 0 Å². The summed E-state index contributed by atoms with van der Waals surface area (Å²) in [6.07, 6.45) is 3.32. The van der Waals surface area contributed by atoms with Gasteiger partial charge in [0.25, 0.3) is 5.91 Å². The Labute approximate surface area is 267 Å². The number of nitriles is 1. The summed E-state index contributed by atoms with van der Waals surface area (Å²) in [6, 6.07) is 23.8. The van der Waals surface area contributed by atoms with Gasteiger partial charge in [-0.25, -0.2) is 4.39 Å². The van der Waals surface area contributed by atoms with E-state index in [1.54, 1.807) is 53.7 Å². The van der Waals surface area contributed by atoms with Crippen LogP contribution in [0.15, 0.2) is 91.3 Å². The highest BCUT2D eigenvalue weighted by atomic mass is 19.1. The van der Waals surface area contributed by atoms with Gasteiger partial charge in [-0.2, -0.15) is 5.26 Å². The number of nitrogens with two attached hydrogens (primary N) is 1. The maximum Gasteiger partial charge on any atom is 0.254 e. The largest absolute Gasteiger partial charge is 0.369 e. The fourth-order valence-electron chi connectivity index (χ4n) is 6.05. The quantitative estimate of drug-likeness (QED) is 0.277. The van der Waals surface area contributed by atoms with Crippen LogP contribution in [-0.4, -0.2) is 40.7 Å². The van der Waals surface area contributed by atoms with Gasteiger partial charge in [0.15, 0.2) is 0 Å². The average Bonchev–Trinajstić information content (AvgIpc) is 3.06. The third kappa shape index (κ3) is 6.80. The van der Waals surface area contributed by atoms with Gasteiger partial charge in [0, 0.05) is 43.3 Å². The van der Waals surface area contributed by atoms with E-state index in [0.717, 1.165) is 23.7 Å². The fourth-order valence-corrected chi connectivity index (χ4v) is 6.05. The molecule has 10 heteroatoms. The molecule has 0 bridgehead atoms. The molecule has 46 heavy (non-hydrogen) atoms. The number of carbonyl (C=O) groups is 3. The highest BCUT2D eigenvalue weighted by molar-refractivity contribution is 6.04. The Bertz CT molecular complexity index is 1790. The summed E-state index contributed by atoms with van der Waals surface area (Å²) in [5.74, 6) is -2.10. The molecule has 3 unspecified atom stereocenters. The Morgan fingerprint density at radius 2 is 1.83 bits per heavy atom. The molecule has 9 nitrogen and oxygen atoms in total. The van der Waals surface area contributed by atoms with Gasteiger partial charge in [0.2, 0.25) is 11.8 Å². The van der Waals surface area contributed by atoms with E-state index >= 15 is 0 Å². The molecule has 0 saturated heterocycles. The number of primary amides is 1. The highest BCUT2D eigenvalue weighted by Crippen LogP contribution is 2.43. The zero-order chi connectivity index (χ0) is 32.8. The summed E-state index contributed by atoms with van der Waals surface area (Å²) in [6.45, 7) is 5.99. The highest BCUT2D eigenvalue weighted by Gasteiger charge is 2.44. The number of amides is 3. The molecule has 234 valence electrons. The van der Waals surface area contributed by atoms with E-state index in [1.807, 2.05) is 44.2 Å².